The minimum Gasteiger partial charge on any atom is -0.450 e. The van der Waals surface area contributed by atoms with Gasteiger partial charge in [0.15, 0.2) is 4.67 Å². The van der Waals surface area contributed by atoms with Crippen molar-refractivity contribution in [2.24, 2.45) is 0 Å². The van der Waals surface area contributed by atoms with Crippen molar-refractivity contribution in [2.45, 2.75) is 0 Å². The minimum absolute atomic E-state index is 0.312. The Morgan fingerprint density at radius 2 is 1.48 bits per heavy atom. The zero-order chi connectivity index (χ0) is 19.1. The average Bonchev–Trinajstić information content (AvgIpc) is 3.06. The second-order valence-electron chi connectivity index (χ2n) is 5.49. The number of hydrogen-bond acceptors (Lipinski definition) is 3. The Kier molecular flexibility index (Phi) is 6.06. The molecule has 6 nitrogen and oxygen atoms in total. The van der Waals surface area contributed by atoms with Gasteiger partial charge in [-0.05, 0) is 64.5 Å². The summed E-state index contributed by atoms with van der Waals surface area (Å²) >= 11 is 3.20. The fraction of sp³-hybridized carbons (Fsp3) is 0. The number of halogens is 1. The molecular formula is C20H16BrN3O3. The van der Waals surface area contributed by atoms with Gasteiger partial charge < -0.3 is 20.4 Å². The van der Waals surface area contributed by atoms with Gasteiger partial charge in [-0.1, -0.05) is 24.3 Å². The van der Waals surface area contributed by atoms with Crippen LogP contribution in [0.3, 0.4) is 0 Å². The first-order valence-electron chi connectivity index (χ1n) is 8.06. The molecule has 0 aliphatic heterocycles. The number of carbonyl (C=O) groups excluding carboxylic acids is 2. The van der Waals surface area contributed by atoms with Crippen LogP contribution in [0, 0.1) is 0 Å². The van der Waals surface area contributed by atoms with E-state index < -0.39 is 0 Å². The number of nitrogens with one attached hydrogen (secondary N) is 3. The summed E-state index contributed by atoms with van der Waals surface area (Å²) in [4.78, 5) is 24.1. The molecule has 0 bridgehead atoms. The van der Waals surface area contributed by atoms with Gasteiger partial charge in [0, 0.05) is 23.1 Å². The number of anilines is 3. The summed E-state index contributed by atoms with van der Waals surface area (Å²) < 4.78 is 5.88. The predicted octanol–water partition coefficient (Wildman–Crippen LogP) is 5.34. The van der Waals surface area contributed by atoms with Crippen molar-refractivity contribution < 1.29 is 14.0 Å². The summed E-state index contributed by atoms with van der Waals surface area (Å²) in [7, 11) is 0. The number of furan rings is 1. The van der Waals surface area contributed by atoms with Gasteiger partial charge in [-0.25, -0.2) is 4.79 Å². The third-order valence-electron chi connectivity index (χ3n) is 3.41. The highest BCUT2D eigenvalue weighted by atomic mass is 79.9. The maximum atomic E-state index is 12.0. The minimum atomic E-state index is -0.368. The first-order valence-corrected chi connectivity index (χ1v) is 8.85. The zero-order valence-electron chi connectivity index (χ0n) is 14.1. The van der Waals surface area contributed by atoms with E-state index in [-0.39, 0.29) is 11.9 Å². The molecule has 7 heteroatoms. The number of urea groups is 1. The second-order valence-corrected chi connectivity index (χ2v) is 6.27. The molecule has 1 aromatic heterocycles. The van der Waals surface area contributed by atoms with Gasteiger partial charge in [0.05, 0.1) is 0 Å². The molecule has 3 N–H and O–H groups in total. The molecule has 0 radical (unpaired) electrons. The number of para-hydroxylation sites is 1. The van der Waals surface area contributed by atoms with Crippen molar-refractivity contribution >= 4 is 51.0 Å². The smallest absolute Gasteiger partial charge is 0.323 e. The molecule has 0 atom stereocenters. The molecule has 3 aromatic rings. The van der Waals surface area contributed by atoms with E-state index in [1.165, 1.54) is 6.08 Å². The summed E-state index contributed by atoms with van der Waals surface area (Å²) in [5.74, 6) is 0.249. The van der Waals surface area contributed by atoms with Gasteiger partial charge in [-0.2, -0.15) is 0 Å². The molecule has 1 heterocycles. The Labute approximate surface area is 164 Å². The molecule has 0 saturated carbocycles. The summed E-state index contributed by atoms with van der Waals surface area (Å²) in [6.45, 7) is 0. The van der Waals surface area contributed by atoms with E-state index in [1.54, 1.807) is 54.6 Å². The second kappa shape index (κ2) is 8.86. The van der Waals surface area contributed by atoms with Gasteiger partial charge in [0.25, 0.3) is 0 Å². The molecule has 0 saturated heterocycles. The maximum Gasteiger partial charge on any atom is 0.323 e. The number of rotatable bonds is 5. The monoisotopic (exact) mass is 425 g/mol. The highest BCUT2D eigenvalue weighted by Gasteiger charge is 2.04. The van der Waals surface area contributed by atoms with E-state index >= 15 is 0 Å². The van der Waals surface area contributed by atoms with Gasteiger partial charge in [0.2, 0.25) is 5.91 Å². The third-order valence-corrected chi connectivity index (χ3v) is 3.84. The lowest BCUT2D eigenvalue weighted by Crippen LogP contribution is -2.19. The van der Waals surface area contributed by atoms with E-state index in [9.17, 15) is 9.59 Å². The molecule has 3 amide bonds. The molecule has 27 heavy (non-hydrogen) atoms. The van der Waals surface area contributed by atoms with Crippen molar-refractivity contribution in [3.05, 3.63) is 83.2 Å². The van der Waals surface area contributed by atoms with Crippen LogP contribution in [-0.4, -0.2) is 11.9 Å². The van der Waals surface area contributed by atoms with E-state index in [0.29, 0.717) is 27.5 Å². The number of hydrogen-bond donors (Lipinski definition) is 3. The van der Waals surface area contributed by atoms with Crippen LogP contribution in [0.4, 0.5) is 21.9 Å². The highest BCUT2D eigenvalue weighted by Crippen LogP contribution is 2.17. The van der Waals surface area contributed by atoms with Crippen molar-refractivity contribution in [3.63, 3.8) is 0 Å². The molecule has 2 aromatic carbocycles. The summed E-state index contributed by atoms with van der Waals surface area (Å²) in [6, 6.07) is 19.1. The van der Waals surface area contributed by atoms with Crippen LogP contribution in [0.15, 0.2) is 81.9 Å². The van der Waals surface area contributed by atoms with E-state index in [2.05, 4.69) is 31.9 Å². The maximum absolute atomic E-state index is 12.0. The van der Waals surface area contributed by atoms with Gasteiger partial charge >= 0.3 is 6.03 Å². The molecule has 0 unspecified atom stereocenters. The first-order chi connectivity index (χ1) is 13.1. The van der Waals surface area contributed by atoms with Crippen LogP contribution in [0.1, 0.15) is 5.76 Å². The molecule has 136 valence electrons. The Bertz CT molecular complexity index is 967. The molecule has 0 aliphatic rings. The highest BCUT2D eigenvalue weighted by molar-refractivity contribution is 9.10. The fourth-order valence-corrected chi connectivity index (χ4v) is 2.57. The fourth-order valence-electron chi connectivity index (χ4n) is 2.25. The van der Waals surface area contributed by atoms with E-state index in [4.69, 9.17) is 4.42 Å². The number of carbonyl (C=O) groups is 2. The lowest BCUT2D eigenvalue weighted by atomic mass is 10.2. The number of amides is 3. The van der Waals surface area contributed by atoms with Crippen LogP contribution in [0.5, 0.6) is 0 Å². The van der Waals surface area contributed by atoms with Crippen molar-refractivity contribution in [1.29, 1.82) is 0 Å². The third kappa shape index (κ3) is 5.86. The van der Waals surface area contributed by atoms with Gasteiger partial charge in [-0.15, -0.1) is 0 Å². The van der Waals surface area contributed by atoms with Crippen LogP contribution in [0.25, 0.3) is 6.08 Å². The SMILES string of the molecule is O=C(C=Cc1ccc(Br)o1)Nc1cccc(NC(=O)Nc2ccccc2)c1. The normalized spacial score (nSPS) is 10.6. The Balaban J connectivity index is 1.57. The summed E-state index contributed by atoms with van der Waals surface area (Å²) in [5, 5.41) is 8.18. The molecule has 3 rings (SSSR count). The topological polar surface area (TPSA) is 83.4 Å². The zero-order valence-corrected chi connectivity index (χ0v) is 15.7. The van der Waals surface area contributed by atoms with E-state index in [1.807, 2.05) is 18.2 Å². The Morgan fingerprint density at radius 1 is 0.815 bits per heavy atom. The lowest BCUT2D eigenvalue weighted by Gasteiger charge is -2.09. The summed E-state index contributed by atoms with van der Waals surface area (Å²) in [6.07, 6.45) is 2.93. The van der Waals surface area contributed by atoms with Crippen molar-refractivity contribution in [1.82, 2.24) is 0 Å². The molecular weight excluding hydrogens is 410 g/mol. The molecule has 0 fully saturated rings. The molecule has 0 aliphatic carbocycles. The quantitative estimate of drug-likeness (QED) is 0.482. The van der Waals surface area contributed by atoms with Crippen LogP contribution in [-0.2, 0) is 4.79 Å². The Hall–Kier alpha value is -3.32. The number of benzene rings is 2. The van der Waals surface area contributed by atoms with Crippen molar-refractivity contribution in [3.8, 4) is 0 Å². The summed E-state index contributed by atoms with van der Waals surface area (Å²) in [5.41, 5.74) is 1.80. The van der Waals surface area contributed by atoms with E-state index in [0.717, 1.165) is 0 Å². The molecule has 0 spiro atoms. The largest absolute Gasteiger partial charge is 0.450 e. The van der Waals surface area contributed by atoms with Crippen LogP contribution in [0.2, 0.25) is 0 Å². The standard InChI is InChI=1S/C20H16BrN3O3/c21-18-11-9-17(27-18)10-12-19(25)22-15-7-4-8-16(13-15)24-20(26)23-14-5-2-1-3-6-14/h1-13H,(H,22,25)(H2,23,24,26). The van der Waals surface area contributed by atoms with Crippen LogP contribution >= 0.6 is 15.9 Å². The van der Waals surface area contributed by atoms with Crippen molar-refractivity contribution in [2.75, 3.05) is 16.0 Å². The van der Waals surface area contributed by atoms with Gasteiger partial charge in [-0.3, -0.25) is 4.79 Å². The lowest BCUT2D eigenvalue weighted by molar-refractivity contribution is -0.111. The predicted molar refractivity (Wildman–Crippen MR) is 110 cm³/mol. The first kappa shape index (κ1) is 18.5. The van der Waals surface area contributed by atoms with Crippen LogP contribution < -0.4 is 16.0 Å². The average molecular weight is 426 g/mol. The van der Waals surface area contributed by atoms with Gasteiger partial charge in [0.1, 0.15) is 5.76 Å². The Morgan fingerprint density at radius 3 is 2.19 bits per heavy atom.